The monoisotopic (exact) mass is 390 g/mol. The van der Waals surface area contributed by atoms with Crippen molar-refractivity contribution in [2.45, 2.75) is 64.8 Å². The van der Waals surface area contributed by atoms with Gasteiger partial charge in [0.25, 0.3) is 5.91 Å². The summed E-state index contributed by atoms with van der Waals surface area (Å²) in [7, 11) is 1.82. The molecule has 1 fully saturated rings. The normalized spacial score (nSPS) is 18.0. The number of carbonyl (C=O) groups excluding carboxylic acids is 1. The molecule has 0 aromatic heterocycles. The number of aliphatic carboxylic acids is 1. The van der Waals surface area contributed by atoms with Gasteiger partial charge in [-0.3, -0.25) is 14.5 Å². The van der Waals surface area contributed by atoms with Crippen LogP contribution in [0.15, 0.2) is 12.1 Å². The highest BCUT2D eigenvalue weighted by Gasteiger charge is 2.27. The first-order chi connectivity index (χ1) is 13.1. The van der Waals surface area contributed by atoms with Gasteiger partial charge in [0.05, 0.1) is 12.1 Å². The topological polar surface area (TPSA) is 81.1 Å². The number of likely N-dealkylation sites (N-methyl/N-ethyl adjacent to an activating group) is 1. The van der Waals surface area contributed by atoms with E-state index >= 15 is 0 Å². The largest absolute Gasteiger partial charge is 0.507 e. The average Bonchev–Trinajstić information content (AvgIpc) is 2.86. The van der Waals surface area contributed by atoms with E-state index in [0.717, 1.165) is 30.4 Å². The van der Waals surface area contributed by atoms with Crippen molar-refractivity contribution in [3.63, 3.8) is 0 Å². The summed E-state index contributed by atoms with van der Waals surface area (Å²) in [6.45, 7) is 9.39. The molecule has 6 nitrogen and oxygen atoms in total. The van der Waals surface area contributed by atoms with Crippen molar-refractivity contribution in [1.29, 1.82) is 0 Å². The molecule has 1 amide bonds. The van der Waals surface area contributed by atoms with Crippen LogP contribution in [0.4, 0.5) is 0 Å². The lowest BCUT2D eigenvalue weighted by Gasteiger charge is -2.26. The third-order valence-electron chi connectivity index (χ3n) is 5.67. The Morgan fingerprint density at radius 1 is 1.14 bits per heavy atom. The van der Waals surface area contributed by atoms with Gasteiger partial charge in [0.1, 0.15) is 5.75 Å². The van der Waals surface area contributed by atoms with E-state index in [0.29, 0.717) is 18.7 Å². The number of nitrogens with zero attached hydrogens (tertiary/aromatic N) is 2. The molecule has 156 valence electrons. The van der Waals surface area contributed by atoms with Crippen LogP contribution in [0.25, 0.3) is 0 Å². The fraction of sp³-hybridized carbons (Fsp3) is 0.636. The van der Waals surface area contributed by atoms with Crippen molar-refractivity contribution >= 4 is 11.9 Å². The van der Waals surface area contributed by atoms with E-state index in [2.05, 4.69) is 13.8 Å². The molecule has 0 bridgehead atoms. The summed E-state index contributed by atoms with van der Waals surface area (Å²) in [4.78, 5) is 27.9. The van der Waals surface area contributed by atoms with Gasteiger partial charge in [-0.05, 0) is 55.3 Å². The number of amides is 1. The molecule has 1 unspecified atom stereocenters. The van der Waals surface area contributed by atoms with Crippen LogP contribution >= 0.6 is 0 Å². The molecule has 0 saturated carbocycles. The first-order valence-electron chi connectivity index (χ1n) is 10.2. The molecular weight excluding hydrogens is 356 g/mol. The van der Waals surface area contributed by atoms with Crippen LogP contribution in [0.3, 0.4) is 0 Å². The van der Waals surface area contributed by atoms with E-state index in [9.17, 15) is 14.7 Å². The van der Waals surface area contributed by atoms with Crippen molar-refractivity contribution in [3.8, 4) is 5.75 Å². The number of phenols is 1. The zero-order valence-corrected chi connectivity index (χ0v) is 17.7. The predicted molar refractivity (Wildman–Crippen MR) is 110 cm³/mol. The fourth-order valence-corrected chi connectivity index (χ4v) is 3.85. The van der Waals surface area contributed by atoms with E-state index in [4.69, 9.17) is 5.11 Å². The minimum Gasteiger partial charge on any atom is -0.507 e. The molecular formula is C22H34N2O4. The molecule has 1 aromatic carbocycles. The Morgan fingerprint density at radius 2 is 1.82 bits per heavy atom. The number of carbonyl (C=O) groups is 2. The van der Waals surface area contributed by atoms with E-state index < -0.39 is 5.97 Å². The highest BCUT2D eigenvalue weighted by molar-refractivity contribution is 5.97. The first kappa shape index (κ1) is 22.2. The molecule has 0 spiro atoms. The fourth-order valence-electron chi connectivity index (χ4n) is 3.85. The predicted octanol–water partition coefficient (Wildman–Crippen LogP) is 3.65. The van der Waals surface area contributed by atoms with Gasteiger partial charge in [0.15, 0.2) is 0 Å². The standard InChI is InChI=1S/C22H34N2O4/c1-14(2)16-11-18(15(3)4)21(27)19(12-16)22(28)24-9-6-7-17(8-10-24)23(5)13-20(25)26/h11-12,14-15,17,27H,6-10,13H2,1-5H3,(H,25,26). The van der Waals surface area contributed by atoms with Crippen LogP contribution in [0.1, 0.15) is 80.3 Å². The van der Waals surface area contributed by atoms with E-state index in [-0.39, 0.29) is 36.1 Å². The molecule has 1 saturated heterocycles. The van der Waals surface area contributed by atoms with Crippen molar-refractivity contribution in [2.75, 3.05) is 26.7 Å². The number of likely N-dealkylation sites (tertiary alicyclic amines) is 1. The molecule has 2 rings (SSSR count). The summed E-state index contributed by atoms with van der Waals surface area (Å²) >= 11 is 0. The maximum atomic E-state index is 13.2. The van der Waals surface area contributed by atoms with Gasteiger partial charge in [-0.1, -0.05) is 33.8 Å². The Bertz CT molecular complexity index is 715. The Morgan fingerprint density at radius 3 is 2.39 bits per heavy atom. The number of carboxylic acid groups (broad SMARTS) is 1. The Kier molecular flexibility index (Phi) is 7.47. The van der Waals surface area contributed by atoms with Gasteiger partial charge in [0.2, 0.25) is 0 Å². The van der Waals surface area contributed by atoms with Crippen molar-refractivity contribution in [1.82, 2.24) is 9.80 Å². The molecule has 0 radical (unpaired) electrons. The number of carboxylic acids is 1. The van der Waals surface area contributed by atoms with Gasteiger partial charge in [-0.15, -0.1) is 0 Å². The van der Waals surface area contributed by atoms with Crippen molar-refractivity contribution < 1.29 is 19.8 Å². The number of phenolic OH excluding ortho intramolecular Hbond substituents is 1. The summed E-state index contributed by atoms with van der Waals surface area (Å²) < 4.78 is 0. The minimum atomic E-state index is -0.837. The van der Waals surface area contributed by atoms with Gasteiger partial charge >= 0.3 is 5.97 Å². The van der Waals surface area contributed by atoms with Gasteiger partial charge in [-0.2, -0.15) is 0 Å². The molecule has 1 heterocycles. The lowest BCUT2D eigenvalue weighted by molar-refractivity contribution is -0.138. The van der Waals surface area contributed by atoms with Crippen LogP contribution in [-0.4, -0.2) is 64.6 Å². The molecule has 1 atom stereocenters. The Balaban J connectivity index is 2.23. The second kappa shape index (κ2) is 9.41. The number of hydrogen-bond acceptors (Lipinski definition) is 4. The molecule has 6 heteroatoms. The molecule has 1 aliphatic rings. The Hall–Kier alpha value is -2.08. The highest BCUT2D eigenvalue weighted by Crippen LogP contribution is 2.34. The summed E-state index contributed by atoms with van der Waals surface area (Å²) in [6.07, 6.45) is 2.42. The van der Waals surface area contributed by atoms with Crippen LogP contribution in [0, 0.1) is 0 Å². The average molecular weight is 391 g/mol. The number of aromatic hydroxyl groups is 1. The van der Waals surface area contributed by atoms with E-state index in [1.165, 1.54) is 0 Å². The quantitative estimate of drug-likeness (QED) is 0.775. The molecule has 2 N–H and O–H groups in total. The summed E-state index contributed by atoms with van der Waals surface area (Å²) in [5.41, 5.74) is 2.24. The second-order valence-electron chi connectivity index (χ2n) is 8.50. The number of rotatable bonds is 6. The van der Waals surface area contributed by atoms with Gasteiger partial charge in [-0.25, -0.2) is 0 Å². The summed E-state index contributed by atoms with van der Waals surface area (Å²) in [5, 5.41) is 19.8. The van der Waals surface area contributed by atoms with E-state index in [1.54, 1.807) is 4.90 Å². The van der Waals surface area contributed by atoms with Crippen LogP contribution in [-0.2, 0) is 4.79 Å². The van der Waals surface area contributed by atoms with Crippen LogP contribution < -0.4 is 0 Å². The second-order valence-corrected chi connectivity index (χ2v) is 8.50. The van der Waals surface area contributed by atoms with Gasteiger partial charge < -0.3 is 15.1 Å². The zero-order chi connectivity index (χ0) is 21.0. The SMILES string of the molecule is CC(C)c1cc(C(=O)N2CCCC(N(C)CC(=O)O)CC2)c(O)c(C(C)C)c1. The maximum Gasteiger partial charge on any atom is 0.317 e. The third-order valence-corrected chi connectivity index (χ3v) is 5.67. The van der Waals surface area contributed by atoms with Crippen molar-refractivity contribution in [2.24, 2.45) is 0 Å². The zero-order valence-electron chi connectivity index (χ0n) is 17.7. The molecule has 0 aliphatic carbocycles. The van der Waals surface area contributed by atoms with E-state index in [1.807, 2.05) is 37.9 Å². The maximum absolute atomic E-state index is 13.2. The van der Waals surface area contributed by atoms with Crippen LogP contribution in [0.2, 0.25) is 0 Å². The number of hydrogen-bond donors (Lipinski definition) is 2. The van der Waals surface area contributed by atoms with Gasteiger partial charge in [0, 0.05) is 19.1 Å². The molecule has 1 aromatic rings. The first-order valence-corrected chi connectivity index (χ1v) is 10.2. The molecule has 1 aliphatic heterocycles. The Labute approximate surface area is 168 Å². The molecule has 28 heavy (non-hydrogen) atoms. The smallest absolute Gasteiger partial charge is 0.317 e. The lowest BCUT2D eigenvalue weighted by Crippen LogP contribution is -2.37. The minimum absolute atomic E-state index is 0.00752. The number of benzene rings is 1. The summed E-state index contributed by atoms with van der Waals surface area (Å²) in [5.74, 6) is -0.487. The summed E-state index contributed by atoms with van der Waals surface area (Å²) in [6, 6.07) is 3.98. The highest BCUT2D eigenvalue weighted by atomic mass is 16.4. The van der Waals surface area contributed by atoms with Crippen LogP contribution in [0.5, 0.6) is 5.75 Å². The lowest BCUT2D eigenvalue weighted by atomic mass is 9.91. The third kappa shape index (κ3) is 5.25. The van der Waals surface area contributed by atoms with Crippen molar-refractivity contribution in [3.05, 3.63) is 28.8 Å².